The first-order valence-corrected chi connectivity index (χ1v) is 9.83. The van der Waals surface area contributed by atoms with Gasteiger partial charge in [-0.3, -0.25) is 9.20 Å². The molecule has 1 aromatic carbocycles. The zero-order valence-electron chi connectivity index (χ0n) is 14.5. The zero-order valence-corrected chi connectivity index (χ0v) is 15.3. The number of ether oxygens (including phenoxy) is 1. The van der Waals surface area contributed by atoms with Crippen molar-refractivity contribution in [2.24, 2.45) is 10.7 Å². The maximum Gasteiger partial charge on any atom is 0.409 e. The molecule has 0 radical (unpaired) electrons. The number of hydrogen-bond donors (Lipinski definition) is 2. The van der Waals surface area contributed by atoms with Gasteiger partial charge in [-0.15, -0.1) is 0 Å². The van der Waals surface area contributed by atoms with Crippen LogP contribution in [-0.2, 0) is 15.5 Å². The van der Waals surface area contributed by atoms with Crippen molar-refractivity contribution >= 4 is 22.9 Å². The second kappa shape index (κ2) is 10.0. The standard InChI is InChI=1S/C17H26N4O3S/c1-2-24-17(22)21-11-8-14(9-12-21)20-16(18)19-10-13-25(23)15-6-4-3-5-7-15/h3-7,14H,2,8-13H2,1H3,(H3,18,19,20). The summed E-state index contributed by atoms with van der Waals surface area (Å²) in [5, 5.41) is 3.17. The number of likely N-dealkylation sites (tertiary alicyclic amines) is 1. The normalized spacial score (nSPS) is 17.2. The van der Waals surface area contributed by atoms with E-state index in [0.29, 0.717) is 38.0 Å². The van der Waals surface area contributed by atoms with Gasteiger partial charge in [0, 0.05) is 29.8 Å². The van der Waals surface area contributed by atoms with E-state index in [9.17, 15) is 9.00 Å². The van der Waals surface area contributed by atoms with Crippen LogP contribution >= 0.6 is 0 Å². The molecule has 1 atom stereocenters. The maximum absolute atomic E-state index is 12.1. The van der Waals surface area contributed by atoms with Crippen LogP contribution in [0.3, 0.4) is 0 Å². The Morgan fingerprint density at radius 2 is 2.04 bits per heavy atom. The molecule has 0 aliphatic carbocycles. The van der Waals surface area contributed by atoms with Crippen LogP contribution in [0.4, 0.5) is 4.79 Å². The van der Waals surface area contributed by atoms with Crippen molar-refractivity contribution in [2.45, 2.75) is 30.7 Å². The quantitative estimate of drug-likeness (QED) is 0.585. The molecule has 0 saturated carbocycles. The summed E-state index contributed by atoms with van der Waals surface area (Å²) in [7, 11) is -1.07. The van der Waals surface area contributed by atoms with Crippen LogP contribution in [0.25, 0.3) is 0 Å². The van der Waals surface area contributed by atoms with E-state index in [1.165, 1.54) is 0 Å². The smallest absolute Gasteiger partial charge is 0.409 e. The van der Waals surface area contributed by atoms with Gasteiger partial charge in [0.15, 0.2) is 5.96 Å². The first kappa shape index (κ1) is 19.2. The molecule has 1 unspecified atom stereocenters. The van der Waals surface area contributed by atoms with E-state index in [1.54, 1.807) is 11.8 Å². The molecular formula is C17H26N4O3S. The average molecular weight is 366 g/mol. The minimum absolute atomic E-state index is 0.189. The van der Waals surface area contributed by atoms with Gasteiger partial charge in [-0.05, 0) is 31.9 Å². The molecule has 1 aliphatic heterocycles. The highest BCUT2D eigenvalue weighted by Gasteiger charge is 2.23. The fourth-order valence-corrected chi connectivity index (χ4v) is 3.57. The molecule has 0 aromatic heterocycles. The predicted octanol–water partition coefficient (Wildman–Crippen LogP) is 1.32. The molecule has 2 rings (SSSR count). The molecule has 1 aromatic rings. The summed E-state index contributed by atoms with van der Waals surface area (Å²) in [6.07, 6.45) is 1.33. The van der Waals surface area contributed by atoms with Crippen LogP contribution in [0.2, 0.25) is 0 Å². The van der Waals surface area contributed by atoms with E-state index < -0.39 is 10.8 Å². The number of hydrogen-bond acceptors (Lipinski definition) is 4. The molecule has 1 fully saturated rings. The Labute approximate surface area is 151 Å². The molecule has 0 bridgehead atoms. The highest BCUT2D eigenvalue weighted by molar-refractivity contribution is 7.85. The minimum Gasteiger partial charge on any atom is -0.450 e. The van der Waals surface area contributed by atoms with Gasteiger partial charge in [0.2, 0.25) is 0 Å². The summed E-state index contributed by atoms with van der Waals surface area (Å²) in [4.78, 5) is 18.4. The number of amides is 1. The minimum atomic E-state index is -1.07. The Bertz CT molecular complexity index is 601. The summed E-state index contributed by atoms with van der Waals surface area (Å²) < 4.78 is 17.1. The molecule has 0 spiro atoms. The molecule has 1 aliphatic rings. The van der Waals surface area contributed by atoms with Gasteiger partial charge in [-0.25, -0.2) is 4.79 Å². The third-order valence-electron chi connectivity index (χ3n) is 3.94. The maximum atomic E-state index is 12.1. The number of nitrogens with two attached hydrogens (primary N) is 1. The average Bonchev–Trinajstić information content (AvgIpc) is 2.63. The van der Waals surface area contributed by atoms with E-state index in [4.69, 9.17) is 10.5 Å². The Balaban J connectivity index is 1.70. The van der Waals surface area contributed by atoms with E-state index in [0.717, 1.165) is 17.7 Å². The molecule has 8 heteroatoms. The van der Waals surface area contributed by atoms with Crippen molar-refractivity contribution < 1.29 is 13.7 Å². The number of aliphatic imine (C=N–C) groups is 1. The van der Waals surface area contributed by atoms with Crippen molar-refractivity contribution in [2.75, 3.05) is 32.0 Å². The lowest BCUT2D eigenvalue weighted by atomic mass is 10.1. The molecule has 7 nitrogen and oxygen atoms in total. The van der Waals surface area contributed by atoms with Crippen LogP contribution in [0.15, 0.2) is 40.2 Å². The molecule has 138 valence electrons. The summed E-state index contributed by atoms with van der Waals surface area (Å²) in [6.45, 7) is 3.88. The fourth-order valence-electron chi connectivity index (χ4n) is 2.62. The zero-order chi connectivity index (χ0) is 18.1. The van der Waals surface area contributed by atoms with E-state index in [2.05, 4.69) is 10.3 Å². The van der Waals surface area contributed by atoms with Crippen molar-refractivity contribution in [3.05, 3.63) is 30.3 Å². The lowest BCUT2D eigenvalue weighted by molar-refractivity contribution is 0.0963. The highest BCUT2D eigenvalue weighted by Crippen LogP contribution is 2.11. The van der Waals surface area contributed by atoms with Gasteiger partial charge < -0.3 is 20.7 Å². The van der Waals surface area contributed by atoms with E-state index >= 15 is 0 Å². The third-order valence-corrected chi connectivity index (χ3v) is 5.29. The van der Waals surface area contributed by atoms with Gasteiger partial charge in [-0.2, -0.15) is 0 Å². The number of benzene rings is 1. The summed E-state index contributed by atoms with van der Waals surface area (Å²) in [5.41, 5.74) is 5.91. The van der Waals surface area contributed by atoms with Gasteiger partial charge in [-0.1, -0.05) is 18.2 Å². The van der Waals surface area contributed by atoms with Crippen LogP contribution in [0.5, 0.6) is 0 Å². The topological polar surface area (TPSA) is 97.0 Å². The molecular weight excluding hydrogens is 340 g/mol. The Morgan fingerprint density at radius 1 is 1.36 bits per heavy atom. The lowest BCUT2D eigenvalue weighted by Crippen LogP contribution is -2.48. The summed E-state index contributed by atoms with van der Waals surface area (Å²) in [5.74, 6) is 0.799. The van der Waals surface area contributed by atoms with E-state index in [-0.39, 0.29) is 12.1 Å². The number of nitrogens with one attached hydrogen (secondary N) is 1. The SMILES string of the molecule is CCOC(=O)N1CCC(NC(N)=NCCS(=O)c2ccccc2)CC1. The molecule has 3 N–H and O–H groups in total. The van der Waals surface area contributed by atoms with Gasteiger partial charge in [0.25, 0.3) is 0 Å². The monoisotopic (exact) mass is 366 g/mol. The summed E-state index contributed by atoms with van der Waals surface area (Å²) >= 11 is 0. The number of guanidine groups is 1. The van der Waals surface area contributed by atoms with Crippen molar-refractivity contribution in [1.29, 1.82) is 0 Å². The number of carbonyl (C=O) groups excluding carboxylic acids is 1. The third kappa shape index (κ3) is 6.38. The van der Waals surface area contributed by atoms with Crippen molar-refractivity contribution in [1.82, 2.24) is 10.2 Å². The highest BCUT2D eigenvalue weighted by atomic mass is 32.2. The second-order valence-corrected chi connectivity index (χ2v) is 7.30. The summed E-state index contributed by atoms with van der Waals surface area (Å²) in [6, 6.07) is 9.52. The van der Waals surface area contributed by atoms with E-state index in [1.807, 2.05) is 30.3 Å². The lowest BCUT2D eigenvalue weighted by Gasteiger charge is -2.31. The molecule has 1 heterocycles. The number of carbonyl (C=O) groups is 1. The molecule has 25 heavy (non-hydrogen) atoms. The molecule has 1 saturated heterocycles. The van der Waals surface area contributed by atoms with Gasteiger partial charge in [0.05, 0.1) is 24.0 Å². The fraction of sp³-hybridized carbons (Fsp3) is 0.529. The van der Waals surface area contributed by atoms with Crippen LogP contribution in [-0.4, -0.2) is 59.2 Å². The number of nitrogens with zero attached hydrogens (tertiary/aromatic N) is 2. The Morgan fingerprint density at radius 3 is 2.68 bits per heavy atom. The number of piperidine rings is 1. The largest absolute Gasteiger partial charge is 0.450 e. The van der Waals surface area contributed by atoms with Crippen LogP contribution in [0, 0.1) is 0 Å². The molecule has 1 amide bonds. The van der Waals surface area contributed by atoms with Gasteiger partial charge >= 0.3 is 6.09 Å². The first-order chi connectivity index (χ1) is 12.1. The van der Waals surface area contributed by atoms with Gasteiger partial charge in [0.1, 0.15) is 0 Å². The van der Waals surface area contributed by atoms with Crippen LogP contribution in [0.1, 0.15) is 19.8 Å². The second-order valence-electron chi connectivity index (χ2n) is 5.73. The van der Waals surface area contributed by atoms with Crippen molar-refractivity contribution in [3.8, 4) is 0 Å². The first-order valence-electron chi connectivity index (χ1n) is 8.51. The van der Waals surface area contributed by atoms with Crippen LogP contribution < -0.4 is 11.1 Å². The van der Waals surface area contributed by atoms with Crippen molar-refractivity contribution in [3.63, 3.8) is 0 Å². The Hall–Kier alpha value is -2.09. The Kier molecular flexibility index (Phi) is 7.72. The number of rotatable bonds is 6. The predicted molar refractivity (Wildman–Crippen MR) is 99.0 cm³/mol.